The molecule has 2 aromatic heterocycles. The first-order chi connectivity index (χ1) is 13.7. The molecular formula is C19H24N8O. The molecule has 1 aliphatic rings. The Morgan fingerprint density at radius 3 is 2.96 bits per heavy atom. The monoisotopic (exact) mass is 380 g/mol. The molecule has 0 atom stereocenters. The lowest BCUT2D eigenvalue weighted by Crippen LogP contribution is -2.33. The van der Waals surface area contributed by atoms with Gasteiger partial charge >= 0.3 is 0 Å². The van der Waals surface area contributed by atoms with Crippen molar-refractivity contribution in [3.63, 3.8) is 0 Å². The maximum absolute atomic E-state index is 12.2. The summed E-state index contributed by atoms with van der Waals surface area (Å²) in [6, 6.07) is 8.50. The van der Waals surface area contributed by atoms with Crippen LogP contribution in [0.25, 0.3) is 0 Å². The highest BCUT2D eigenvalue weighted by Crippen LogP contribution is 2.19. The van der Waals surface area contributed by atoms with E-state index < -0.39 is 0 Å². The Morgan fingerprint density at radius 2 is 2.14 bits per heavy atom. The van der Waals surface area contributed by atoms with Crippen LogP contribution in [0.5, 0.6) is 0 Å². The number of carbonyl (C=O) groups is 1. The Morgan fingerprint density at radius 1 is 1.29 bits per heavy atom. The van der Waals surface area contributed by atoms with Crippen molar-refractivity contribution in [3.8, 4) is 0 Å². The van der Waals surface area contributed by atoms with Crippen molar-refractivity contribution >= 4 is 5.91 Å². The Kier molecular flexibility index (Phi) is 5.43. The predicted molar refractivity (Wildman–Crippen MR) is 102 cm³/mol. The van der Waals surface area contributed by atoms with Crippen molar-refractivity contribution in [1.29, 1.82) is 0 Å². The Hall–Kier alpha value is -3.07. The largest absolute Gasteiger partial charge is 0.354 e. The SMILES string of the molecule is Cc1cnc(CCNC(=O)Cn2nnnc2CN2CCc3ccccc3C2)[nH]1. The van der Waals surface area contributed by atoms with E-state index in [0.717, 1.165) is 31.0 Å². The van der Waals surface area contributed by atoms with Gasteiger partial charge in [-0.25, -0.2) is 9.67 Å². The molecule has 0 bridgehead atoms. The number of imidazole rings is 1. The van der Waals surface area contributed by atoms with E-state index in [2.05, 4.69) is 60.0 Å². The summed E-state index contributed by atoms with van der Waals surface area (Å²) in [6.45, 7) is 5.04. The van der Waals surface area contributed by atoms with Crippen LogP contribution in [-0.2, 0) is 37.3 Å². The van der Waals surface area contributed by atoms with E-state index in [0.29, 0.717) is 25.3 Å². The number of fused-ring (bicyclic) bond motifs is 1. The highest BCUT2D eigenvalue weighted by Gasteiger charge is 2.19. The number of nitrogens with zero attached hydrogens (tertiary/aromatic N) is 6. The van der Waals surface area contributed by atoms with Crippen molar-refractivity contribution in [2.24, 2.45) is 0 Å². The van der Waals surface area contributed by atoms with Gasteiger partial charge in [0.05, 0.1) is 6.54 Å². The van der Waals surface area contributed by atoms with Crippen LogP contribution < -0.4 is 5.32 Å². The second-order valence-corrected chi connectivity index (χ2v) is 7.09. The molecule has 0 aliphatic carbocycles. The minimum absolute atomic E-state index is 0.110. The third kappa shape index (κ3) is 4.42. The number of aromatic nitrogens is 6. The first kappa shape index (κ1) is 18.3. The lowest BCUT2D eigenvalue weighted by atomic mass is 10.00. The summed E-state index contributed by atoms with van der Waals surface area (Å²) in [5.41, 5.74) is 3.77. The number of H-pyrrole nitrogens is 1. The number of hydrogen-bond donors (Lipinski definition) is 2. The summed E-state index contributed by atoms with van der Waals surface area (Å²) in [5, 5.41) is 14.8. The fourth-order valence-electron chi connectivity index (χ4n) is 3.45. The minimum Gasteiger partial charge on any atom is -0.354 e. The average molecular weight is 380 g/mol. The number of aromatic amines is 1. The number of aryl methyl sites for hydroxylation is 1. The number of nitrogens with one attached hydrogen (secondary N) is 2. The fourth-order valence-corrected chi connectivity index (χ4v) is 3.45. The molecule has 0 saturated carbocycles. The third-order valence-electron chi connectivity index (χ3n) is 4.91. The average Bonchev–Trinajstić information content (AvgIpc) is 3.30. The molecule has 1 amide bonds. The molecule has 0 saturated heterocycles. The molecule has 1 aliphatic heterocycles. The van der Waals surface area contributed by atoms with Crippen molar-refractivity contribution in [3.05, 3.63) is 58.9 Å². The molecule has 9 heteroatoms. The smallest absolute Gasteiger partial charge is 0.241 e. The van der Waals surface area contributed by atoms with Gasteiger partial charge in [0.2, 0.25) is 5.91 Å². The second kappa shape index (κ2) is 8.30. The van der Waals surface area contributed by atoms with Crippen LogP contribution in [0.4, 0.5) is 0 Å². The van der Waals surface area contributed by atoms with Gasteiger partial charge < -0.3 is 10.3 Å². The van der Waals surface area contributed by atoms with Crippen LogP contribution in [0.1, 0.15) is 28.5 Å². The highest BCUT2D eigenvalue weighted by atomic mass is 16.2. The topological polar surface area (TPSA) is 105 Å². The number of hydrogen-bond acceptors (Lipinski definition) is 6. The van der Waals surface area contributed by atoms with Crippen LogP contribution in [-0.4, -0.2) is 54.1 Å². The number of benzene rings is 1. The molecule has 4 rings (SSSR count). The molecule has 3 aromatic rings. The zero-order chi connectivity index (χ0) is 19.3. The van der Waals surface area contributed by atoms with E-state index >= 15 is 0 Å². The zero-order valence-corrected chi connectivity index (χ0v) is 15.9. The number of carbonyl (C=O) groups excluding carboxylic acids is 1. The van der Waals surface area contributed by atoms with Crippen LogP contribution in [0.3, 0.4) is 0 Å². The van der Waals surface area contributed by atoms with Gasteiger partial charge in [0.15, 0.2) is 5.82 Å². The molecule has 2 N–H and O–H groups in total. The number of tetrazole rings is 1. The van der Waals surface area contributed by atoms with E-state index in [9.17, 15) is 4.79 Å². The van der Waals surface area contributed by atoms with Gasteiger partial charge in [0.25, 0.3) is 0 Å². The molecular weight excluding hydrogens is 356 g/mol. The normalized spacial score (nSPS) is 14.0. The van der Waals surface area contributed by atoms with Gasteiger partial charge in [0, 0.05) is 37.9 Å². The van der Waals surface area contributed by atoms with Gasteiger partial charge in [-0.15, -0.1) is 5.10 Å². The molecule has 0 spiro atoms. The summed E-state index contributed by atoms with van der Waals surface area (Å²) in [4.78, 5) is 21.9. The Bertz CT molecular complexity index is 947. The molecule has 28 heavy (non-hydrogen) atoms. The summed E-state index contributed by atoms with van der Waals surface area (Å²) >= 11 is 0. The quantitative estimate of drug-likeness (QED) is 0.623. The molecule has 0 radical (unpaired) electrons. The van der Waals surface area contributed by atoms with Gasteiger partial charge in [-0.3, -0.25) is 9.69 Å². The summed E-state index contributed by atoms with van der Waals surface area (Å²) in [5.74, 6) is 1.46. The molecule has 0 unspecified atom stereocenters. The fraction of sp³-hybridized carbons (Fsp3) is 0.421. The zero-order valence-electron chi connectivity index (χ0n) is 15.9. The Balaban J connectivity index is 1.28. The standard InChI is InChI=1S/C19H24N8O/c1-14-10-21-17(22-14)6-8-20-19(28)13-27-18(23-24-25-27)12-26-9-7-15-4-2-3-5-16(15)11-26/h2-5,10H,6-9,11-13H2,1H3,(H,20,28)(H,21,22). The summed E-state index contributed by atoms with van der Waals surface area (Å²) in [6.07, 6.45) is 3.46. The predicted octanol–water partition coefficient (Wildman–Crippen LogP) is 0.622. The van der Waals surface area contributed by atoms with Crippen LogP contribution in [0.15, 0.2) is 30.5 Å². The minimum atomic E-state index is -0.110. The van der Waals surface area contributed by atoms with Crippen molar-refractivity contribution < 1.29 is 4.79 Å². The first-order valence-electron chi connectivity index (χ1n) is 9.49. The summed E-state index contributed by atoms with van der Waals surface area (Å²) < 4.78 is 1.58. The highest BCUT2D eigenvalue weighted by molar-refractivity contribution is 5.75. The molecule has 0 fully saturated rings. The van der Waals surface area contributed by atoms with E-state index in [1.54, 1.807) is 10.9 Å². The van der Waals surface area contributed by atoms with Gasteiger partial charge in [-0.2, -0.15) is 0 Å². The first-order valence-corrected chi connectivity index (χ1v) is 9.49. The molecule has 146 valence electrons. The van der Waals surface area contributed by atoms with E-state index in [1.807, 2.05) is 6.92 Å². The van der Waals surface area contributed by atoms with E-state index in [-0.39, 0.29) is 12.5 Å². The van der Waals surface area contributed by atoms with Gasteiger partial charge in [0.1, 0.15) is 12.4 Å². The van der Waals surface area contributed by atoms with Crippen molar-refractivity contribution in [1.82, 2.24) is 40.4 Å². The van der Waals surface area contributed by atoms with Crippen LogP contribution in [0, 0.1) is 6.92 Å². The Labute approximate surface area is 163 Å². The second-order valence-electron chi connectivity index (χ2n) is 7.09. The third-order valence-corrected chi connectivity index (χ3v) is 4.91. The van der Waals surface area contributed by atoms with Crippen LogP contribution in [0.2, 0.25) is 0 Å². The van der Waals surface area contributed by atoms with E-state index in [4.69, 9.17) is 0 Å². The lowest BCUT2D eigenvalue weighted by Gasteiger charge is -2.28. The molecule has 3 heterocycles. The number of rotatable bonds is 7. The molecule has 1 aromatic carbocycles. The van der Waals surface area contributed by atoms with Gasteiger partial charge in [-0.05, 0) is 34.9 Å². The van der Waals surface area contributed by atoms with Crippen molar-refractivity contribution in [2.75, 3.05) is 13.1 Å². The van der Waals surface area contributed by atoms with Crippen molar-refractivity contribution in [2.45, 2.75) is 39.4 Å². The summed E-state index contributed by atoms with van der Waals surface area (Å²) in [7, 11) is 0. The van der Waals surface area contributed by atoms with Gasteiger partial charge in [-0.1, -0.05) is 24.3 Å². The van der Waals surface area contributed by atoms with Crippen LogP contribution >= 0.6 is 0 Å². The molecule has 9 nitrogen and oxygen atoms in total. The number of amides is 1. The van der Waals surface area contributed by atoms with E-state index in [1.165, 1.54) is 11.1 Å². The lowest BCUT2D eigenvalue weighted by molar-refractivity contribution is -0.121. The maximum Gasteiger partial charge on any atom is 0.241 e. The maximum atomic E-state index is 12.2.